The van der Waals surface area contributed by atoms with Crippen molar-refractivity contribution in [2.24, 2.45) is 0 Å². The molecule has 1 aromatic heterocycles. The van der Waals surface area contributed by atoms with Gasteiger partial charge in [0.2, 0.25) is 0 Å². The van der Waals surface area contributed by atoms with Crippen LogP contribution in [0.3, 0.4) is 0 Å². The summed E-state index contributed by atoms with van der Waals surface area (Å²) in [5.41, 5.74) is 2.75. The van der Waals surface area contributed by atoms with E-state index < -0.39 is 0 Å². The highest BCUT2D eigenvalue weighted by Gasteiger charge is 2.10. The summed E-state index contributed by atoms with van der Waals surface area (Å²) in [7, 11) is 0. The summed E-state index contributed by atoms with van der Waals surface area (Å²) in [6.07, 6.45) is 0. The van der Waals surface area contributed by atoms with Crippen molar-refractivity contribution in [1.82, 2.24) is 4.98 Å². The lowest BCUT2D eigenvalue weighted by Gasteiger charge is -2.10. The van der Waals surface area contributed by atoms with Crippen LogP contribution < -0.4 is 0 Å². The van der Waals surface area contributed by atoms with E-state index in [-0.39, 0.29) is 5.82 Å². The van der Waals surface area contributed by atoms with Crippen LogP contribution in [0, 0.1) is 5.82 Å². The molecule has 0 bridgehead atoms. The van der Waals surface area contributed by atoms with Gasteiger partial charge >= 0.3 is 0 Å². The summed E-state index contributed by atoms with van der Waals surface area (Å²) in [6.45, 7) is 0. The lowest BCUT2D eigenvalue weighted by molar-refractivity contribution is 0.630. The topological polar surface area (TPSA) is 12.9 Å². The summed E-state index contributed by atoms with van der Waals surface area (Å²) >= 11 is 0. The van der Waals surface area contributed by atoms with Crippen molar-refractivity contribution in [2.75, 3.05) is 0 Å². The van der Waals surface area contributed by atoms with Crippen LogP contribution in [0.15, 0.2) is 72.8 Å². The van der Waals surface area contributed by atoms with E-state index in [0.29, 0.717) is 0 Å². The minimum Gasteiger partial charge on any atom is -0.247 e. The van der Waals surface area contributed by atoms with Gasteiger partial charge < -0.3 is 0 Å². The molecule has 0 saturated heterocycles. The standard InChI is InChI=1S/C19H12FN/c20-14-10-11-15-16-8-4-5-9-18(16)21-19(17(15)12-14)13-6-2-1-3-7-13/h1-12H. The van der Waals surface area contributed by atoms with Crippen molar-refractivity contribution in [1.29, 1.82) is 0 Å². The lowest BCUT2D eigenvalue weighted by atomic mass is 10.00. The molecule has 0 radical (unpaired) electrons. The molecule has 0 spiro atoms. The molecule has 3 aromatic carbocycles. The molecule has 0 aliphatic heterocycles. The number of nitrogens with zero attached hydrogens (tertiary/aromatic N) is 1. The number of fused-ring (bicyclic) bond motifs is 3. The van der Waals surface area contributed by atoms with Gasteiger partial charge in [-0.15, -0.1) is 0 Å². The van der Waals surface area contributed by atoms with E-state index in [1.807, 2.05) is 60.7 Å². The minimum absolute atomic E-state index is 0.239. The van der Waals surface area contributed by atoms with Gasteiger partial charge in [0, 0.05) is 16.3 Å². The van der Waals surface area contributed by atoms with Gasteiger partial charge in [-0.25, -0.2) is 9.37 Å². The zero-order valence-corrected chi connectivity index (χ0v) is 11.3. The number of pyridine rings is 1. The summed E-state index contributed by atoms with van der Waals surface area (Å²) in [4.78, 5) is 4.75. The van der Waals surface area contributed by atoms with Gasteiger partial charge in [0.05, 0.1) is 11.2 Å². The molecule has 0 unspecified atom stereocenters. The molecule has 1 heterocycles. The molecule has 21 heavy (non-hydrogen) atoms. The second-order valence-electron chi connectivity index (χ2n) is 5.03. The van der Waals surface area contributed by atoms with Gasteiger partial charge in [-0.3, -0.25) is 0 Å². The Morgan fingerprint density at radius 3 is 2.29 bits per heavy atom. The zero-order chi connectivity index (χ0) is 14.2. The van der Waals surface area contributed by atoms with Crippen LogP contribution in [0.25, 0.3) is 32.9 Å². The third-order valence-corrected chi connectivity index (χ3v) is 3.71. The zero-order valence-electron chi connectivity index (χ0n) is 11.3. The van der Waals surface area contributed by atoms with Crippen LogP contribution >= 0.6 is 0 Å². The van der Waals surface area contributed by atoms with E-state index in [2.05, 4.69) is 0 Å². The summed E-state index contributed by atoms with van der Waals surface area (Å²) in [5, 5.41) is 2.92. The number of hydrogen-bond acceptors (Lipinski definition) is 1. The molecule has 4 aromatic rings. The van der Waals surface area contributed by atoms with Crippen molar-refractivity contribution < 1.29 is 4.39 Å². The maximum absolute atomic E-state index is 13.7. The van der Waals surface area contributed by atoms with Gasteiger partial charge in [-0.05, 0) is 23.6 Å². The van der Waals surface area contributed by atoms with Crippen LogP contribution in [0.4, 0.5) is 4.39 Å². The SMILES string of the molecule is Fc1ccc2c(c1)c(-c1ccccc1)nc1ccccc12. The number of hydrogen-bond donors (Lipinski definition) is 0. The maximum Gasteiger partial charge on any atom is 0.123 e. The van der Waals surface area contributed by atoms with E-state index in [1.54, 1.807) is 6.07 Å². The molecular weight excluding hydrogens is 261 g/mol. The summed E-state index contributed by atoms with van der Waals surface area (Å²) in [6, 6.07) is 22.8. The first-order valence-corrected chi connectivity index (χ1v) is 6.86. The molecule has 0 aliphatic carbocycles. The quantitative estimate of drug-likeness (QED) is 0.435. The summed E-state index contributed by atoms with van der Waals surface area (Å²) < 4.78 is 13.7. The first-order valence-electron chi connectivity index (χ1n) is 6.86. The van der Waals surface area contributed by atoms with Gasteiger partial charge in [0.25, 0.3) is 0 Å². The minimum atomic E-state index is -0.239. The Labute approximate surface area is 121 Å². The molecule has 4 rings (SSSR count). The summed E-state index contributed by atoms with van der Waals surface area (Å²) in [5.74, 6) is -0.239. The van der Waals surface area contributed by atoms with Gasteiger partial charge in [-0.1, -0.05) is 54.6 Å². The Morgan fingerprint density at radius 2 is 1.43 bits per heavy atom. The van der Waals surface area contributed by atoms with E-state index in [4.69, 9.17) is 4.98 Å². The predicted molar refractivity (Wildman–Crippen MR) is 84.6 cm³/mol. The molecule has 0 fully saturated rings. The van der Waals surface area contributed by atoms with Gasteiger partial charge in [-0.2, -0.15) is 0 Å². The fourth-order valence-electron chi connectivity index (χ4n) is 2.74. The second-order valence-corrected chi connectivity index (χ2v) is 5.03. The van der Waals surface area contributed by atoms with Crippen LogP contribution in [0.5, 0.6) is 0 Å². The number of halogens is 1. The Kier molecular flexibility index (Phi) is 2.68. The second kappa shape index (κ2) is 4.67. The van der Waals surface area contributed by atoms with Gasteiger partial charge in [0.1, 0.15) is 5.82 Å². The highest BCUT2D eigenvalue weighted by atomic mass is 19.1. The van der Waals surface area contributed by atoms with Crippen molar-refractivity contribution in [3.63, 3.8) is 0 Å². The fraction of sp³-hybridized carbons (Fsp3) is 0. The lowest BCUT2D eigenvalue weighted by Crippen LogP contribution is -1.90. The maximum atomic E-state index is 13.7. The van der Waals surface area contributed by atoms with E-state index in [0.717, 1.165) is 32.9 Å². The highest BCUT2D eigenvalue weighted by Crippen LogP contribution is 2.32. The number of benzene rings is 3. The number of rotatable bonds is 1. The molecule has 1 nitrogen and oxygen atoms in total. The van der Waals surface area contributed by atoms with Crippen molar-refractivity contribution in [3.8, 4) is 11.3 Å². The fourth-order valence-corrected chi connectivity index (χ4v) is 2.74. The molecule has 0 amide bonds. The largest absolute Gasteiger partial charge is 0.247 e. The predicted octanol–water partition coefficient (Wildman–Crippen LogP) is 5.19. The van der Waals surface area contributed by atoms with Crippen LogP contribution in [-0.2, 0) is 0 Å². The number of para-hydroxylation sites is 1. The smallest absolute Gasteiger partial charge is 0.123 e. The third-order valence-electron chi connectivity index (χ3n) is 3.71. The van der Waals surface area contributed by atoms with E-state index in [9.17, 15) is 4.39 Å². The highest BCUT2D eigenvalue weighted by molar-refractivity contribution is 6.10. The van der Waals surface area contributed by atoms with Gasteiger partial charge in [0.15, 0.2) is 0 Å². The van der Waals surface area contributed by atoms with Crippen molar-refractivity contribution in [2.45, 2.75) is 0 Å². The first kappa shape index (κ1) is 12.0. The van der Waals surface area contributed by atoms with Crippen molar-refractivity contribution >= 4 is 21.7 Å². The van der Waals surface area contributed by atoms with E-state index >= 15 is 0 Å². The van der Waals surface area contributed by atoms with Crippen LogP contribution in [0.1, 0.15) is 0 Å². The average Bonchev–Trinajstić information content (AvgIpc) is 2.54. The van der Waals surface area contributed by atoms with Crippen LogP contribution in [-0.4, -0.2) is 4.98 Å². The van der Waals surface area contributed by atoms with Crippen LogP contribution in [0.2, 0.25) is 0 Å². The molecule has 0 atom stereocenters. The molecular formula is C19H12FN. The molecule has 0 N–H and O–H groups in total. The Morgan fingerprint density at radius 1 is 0.667 bits per heavy atom. The molecule has 0 aliphatic rings. The van der Waals surface area contributed by atoms with E-state index in [1.165, 1.54) is 6.07 Å². The Hall–Kier alpha value is -2.74. The monoisotopic (exact) mass is 273 g/mol. The molecule has 100 valence electrons. The Bertz CT molecular complexity index is 945. The normalized spacial score (nSPS) is 11.1. The number of aromatic nitrogens is 1. The first-order chi connectivity index (χ1) is 10.3. The van der Waals surface area contributed by atoms with Crippen molar-refractivity contribution in [3.05, 3.63) is 78.6 Å². The Balaban J connectivity index is 2.20. The third kappa shape index (κ3) is 1.96. The molecule has 2 heteroatoms. The average molecular weight is 273 g/mol. The molecule has 0 saturated carbocycles.